The Morgan fingerprint density at radius 1 is 0.842 bits per heavy atom. The van der Waals surface area contributed by atoms with E-state index >= 15 is 0 Å². The van der Waals surface area contributed by atoms with Gasteiger partial charge in [-0.2, -0.15) is 0 Å². The van der Waals surface area contributed by atoms with Crippen LogP contribution in [0.1, 0.15) is 10.4 Å². The van der Waals surface area contributed by atoms with Crippen molar-refractivity contribution < 1.29 is 30.3 Å². The van der Waals surface area contributed by atoms with Crippen LogP contribution in [0.25, 0.3) is 11.1 Å². The molecule has 0 saturated heterocycles. The minimum Gasteiger partial charge on any atom is -0.504 e. The van der Waals surface area contributed by atoms with E-state index in [1.165, 1.54) is 18.2 Å². The molecule has 6 nitrogen and oxygen atoms in total. The largest absolute Gasteiger partial charge is 0.504 e. The molecule has 6 heteroatoms. The monoisotopic (exact) mass is 262 g/mol. The smallest absolute Gasteiger partial charge is 0.336 e. The van der Waals surface area contributed by atoms with Gasteiger partial charge in [0.15, 0.2) is 11.5 Å². The number of aromatic hydroxyl groups is 4. The Morgan fingerprint density at radius 2 is 1.47 bits per heavy atom. The van der Waals surface area contributed by atoms with Gasteiger partial charge in [0, 0.05) is 11.1 Å². The zero-order valence-corrected chi connectivity index (χ0v) is 9.53. The van der Waals surface area contributed by atoms with Crippen LogP contribution in [0.2, 0.25) is 0 Å². The van der Waals surface area contributed by atoms with Crippen LogP contribution < -0.4 is 0 Å². The van der Waals surface area contributed by atoms with Gasteiger partial charge in [-0.1, -0.05) is 18.2 Å². The molecule has 0 atom stereocenters. The number of hydrogen-bond acceptors (Lipinski definition) is 5. The SMILES string of the molecule is O=C(O)c1ccccc1-c1cc(O)c(O)c(O)c1O. The minimum absolute atomic E-state index is 0.0919. The van der Waals surface area contributed by atoms with Crippen LogP contribution in [0.5, 0.6) is 23.0 Å². The van der Waals surface area contributed by atoms with E-state index in [1.54, 1.807) is 6.07 Å². The van der Waals surface area contributed by atoms with Gasteiger partial charge < -0.3 is 25.5 Å². The van der Waals surface area contributed by atoms with Crippen molar-refractivity contribution in [3.8, 4) is 34.1 Å². The molecule has 2 rings (SSSR count). The lowest BCUT2D eigenvalue weighted by molar-refractivity contribution is 0.0697. The van der Waals surface area contributed by atoms with Gasteiger partial charge in [-0.15, -0.1) is 0 Å². The summed E-state index contributed by atoms with van der Waals surface area (Å²) in [4.78, 5) is 11.1. The van der Waals surface area contributed by atoms with E-state index in [4.69, 9.17) is 5.11 Å². The third-order valence-corrected chi connectivity index (χ3v) is 2.68. The minimum atomic E-state index is -1.22. The summed E-state index contributed by atoms with van der Waals surface area (Å²) in [5.74, 6) is -4.36. The lowest BCUT2D eigenvalue weighted by Crippen LogP contribution is -1.99. The molecule has 2 aromatic rings. The summed E-state index contributed by atoms with van der Waals surface area (Å²) in [6.45, 7) is 0. The number of carboxylic acid groups (broad SMARTS) is 1. The second-order valence-electron chi connectivity index (χ2n) is 3.84. The highest BCUT2D eigenvalue weighted by Gasteiger charge is 2.20. The number of hydrogen-bond donors (Lipinski definition) is 5. The number of aromatic carboxylic acids is 1. The number of carboxylic acids is 1. The Balaban J connectivity index is 2.77. The molecule has 0 spiro atoms. The van der Waals surface area contributed by atoms with Crippen molar-refractivity contribution in [2.24, 2.45) is 0 Å². The topological polar surface area (TPSA) is 118 Å². The Kier molecular flexibility index (Phi) is 2.92. The molecule has 0 aliphatic carbocycles. The molecular weight excluding hydrogens is 252 g/mol. The summed E-state index contributed by atoms with van der Waals surface area (Å²) in [5, 5.41) is 46.9. The molecule has 0 aliphatic rings. The second kappa shape index (κ2) is 4.41. The summed E-state index contributed by atoms with van der Waals surface area (Å²) in [5.41, 5.74) is -0.0915. The summed E-state index contributed by atoms with van der Waals surface area (Å²) in [7, 11) is 0. The van der Waals surface area contributed by atoms with Crippen molar-refractivity contribution in [3.05, 3.63) is 35.9 Å². The first kappa shape index (κ1) is 12.6. The fourth-order valence-electron chi connectivity index (χ4n) is 1.74. The van der Waals surface area contributed by atoms with Gasteiger partial charge in [0.1, 0.15) is 0 Å². The van der Waals surface area contributed by atoms with Crippen LogP contribution in [0, 0.1) is 0 Å². The van der Waals surface area contributed by atoms with Gasteiger partial charge in [-0.3, -0.25) is 0 Å². The maximum Gasteiger partial charge on any atom is 0.336 e. The molecule has 19 heavy (non-hydrogen) atoms. The van der Waals surface area contributed by atoms with Gasteiger partial charge in [0.25, 0.3) is 0 Å². The molecule has 0 aliphatic heterocycles. The standard InChI is InChI=1S/C13H10O6/c14-9-5-8(10(15)12(17)11(9)16)6-3-1-2-4-7(6)13(18)19/h1-5,14-17H,(H,18,19). The quantitative estimate of drug-likeness (QED) is 0.416. The molecule has 0 aromatic heterocycles. The fraction of sp³-hybridized carbons (Fsp3) is 0. The predicted molar refractivity (Wildman–Crippen MR) is 65.5 cm³/mol. The Labute approximate surface area is 107 Å². The van der Waals surface area contributed by atoms with E-state index in [-0.39, 0.29) is 16.7 Å². The first-order valence-corrected chi connectivity index (χ1v) is 5.23. The highest BCUT2D eigenvalue weighted by Crippen LogP contribution is 2.48. The molecular formula is C13H10O6. The van der Waals surface area contributed by atoms with Crippen molar-refractivity contribution in [2.45, 2.75) is 0 Å². The number of benzene rings is 2. The van der Waals surface area contributed by atoms with Crippen molar-refractivity contribution >= 4 is 5.97 Å². The summed E-state index contributed by atoms with van der Waals surface area (Å²) < 4.78 is 0. The Bertz CT molecular complexity index is 662. The molecule has 0 heterocycles. The Morgan fingerprint density at radius 3 is 2.11 bits per heavy atom. The lowest BCUT2D eigenvalue weighted by atomic mass is 9.98. The zero-order valence-electron chi connectivity index (χ0n) is 9.53. The molecule has 2 aromatic carbocycles. The van der Waals surface area contributed by atoms with Crippen LogP contribution in [-0.2, 0) is 0 Å². The van der Waals surface area contributed by atoms with Crippen molar-refractivity contribution in [3.63, 3.8) is 0 Å². The van der Waals surface area contributed by atoms with E-state index < -0.39 is 29.0 Å². The highest BCUT2D eigenvalue weighted by molar-refractivity contribution is 5.97. The van der Waals surface area contributed by atoms with Gasteiger partial charge in [0.2, 0.25) is 11.5 Å². The predicted octanol–water partition coefficient (Wildman–Crippen LogP) is 1.87. The van der Waals surface area contributed by atoms with Gasteiger partial charge in [-0.25, -0.2) is 4.79 Å². The van der Waals surface area contributed by atoms with Crippen LogP contribution >= 0.6 is 0 Å². The average Bonchev–Trinajstić information content (AvgIpc) is 2.40. The summed E-state index contributed by atoms with van der Waals surface area (Å²) in [6, 6.07) is 6.75. The maximum absolute atomic E-state index is 11.1. The van der Waals surface area contributed by atoms with E-state index in [0.29, 0.717) is 0 Å². The van der Waals surface area contributed by atoms with Gasteiger partial charge >= 0.3 is 5.97 Å². The van der Waals surface area contributed by atoms with Crippen LogP contribution in [0.15, 0.2) is 30.3 Å². The van der Waals surface area contributed by atoms with Crippen molar-refractivity contribution in [2.75, 3.05) is 0 Å². The van der Waals surface area contributed by atoms with Gasteiger partial charge in [0.05, 0.1) is 5.56 Å². The number of phenols is 4. The second-order valence-corrected chi connectivity index (χ2v) is 3.84. The zero-order chi connectivity index (χ0) is 14.2. The normalized spacial score (nSPS) is 10.3. The maximum atomic E-state index is 11.1. The van der Waals surface area contributed by atoms with E-state index in [9.17, 15) is 25.2 Å². The van der Waals surface area contributed by atoms with Crippen molar-refractivity contribution in [1.82, 2.24) is 0 Å². The molecule has 0 saturated carbocycles. The van der Waals surface area contributed by atoms with Crippen LogP contribution in [-0.4, -0.2) is 31.5 Å². The molecule has 0 unspecified atom stereocenters. The third-order valence-electron chi connectivity index (χ3n) is 2.68. The van der Waals surface area contributed by atoms with Gasteiger partial charge in [-0.05, 0) is 12.1 Å². The van der Waals surface area contributed by atoms with E-state index in [0.717, 1.165) is 6.07 Å². The first-order valence-electron chi connectivity index (χ1n) is 5.23. The van der Waals surface area contributed by atoms with E-state index in [2.05, 4.69) is 0 Å². The first-order chi connectivity index (χ1) is 8.93. The summed E-state index contributed by atoms with van der Waals surface area (Å²) in [6.07, 6.45) is 0. The molecule has 0 bridgehead atoms. The Hall–Kier alpha value is -2.89. The number of rotatable bonds is 2. The van der Waals surface area contributed by atoms with E-state index in [1.807, 2.05) is 0 Å². The lowest BCUT2D eigenvalue weighted by Gasteiger charge is -2.11. The molecule has 98 valence electrons. The molecule has 0 radical (unpaired) electrons. The van der Waals surface area contributed by atoms with Crippen molar-refractivity contribution in [1.29, 1.82) is 0 Å². The summed E-state index contributed by atoms with van der Waals surface area (Å²) >= 11 is 0. The highest BCUT2D eigenvalue weighted by atomic mass is 16.4. The molecule has 0 amide bonds. The molecule has 5 N–H and O–H groups in total. The third kappa shape index (κ3) is 1.99. The number of phenolic OH excluding ortho intramolecular Hbond substituents is 4. The van der Waals surface area contributed by atoms with Crippen LogP contribution in [0.3, 0.4) is 0 Å². The fourth-order valence-corrected chi connectivity index (χ4v) is 1.74. The average molecular weight is 262 g/mol. The number of carbonyl (C=O) groups is 1. The van der Waals surface area contributed by atoms with Crippen LogP contribution in [0.4, 0.5) is 0 Å². The molecule has 0 fully saturated rings.